The molecule has 1 heterocycles. The number of ketones is 1. The predicted molar refractivity (Wildman–Crippen MR) is 78.7 cm³/mol. The maximum atomic E-state index is 11.8. The lowest BCUT2D eigenvalue weighted by Gasteiger charge is -2.06. The number of hydrogen-bond donors (Lipinski definition) is 0. The molecule has 7 heteroatoms. The predicted octanol–water partition coefficient (Wildman–Crippen LogP) is 3.07. The van der Waals surface area contributed by atoms with E-state index < -0.39 is 9.84 Å². The molecule has 0 radical (unpaired) electrons. The van der Waals surface area contributed by atoms with Crippen molar-refractivity contribution < 1.29 is 17.9 Å². The fraction of sp³-hybridized carbons (Fsp3) is 0.154. The van der Waals surface area contributed by atoms with E-state index in [2.05, 4.69) is 0 Å². The average molecular weight is 331 g/mol. The van der Waals surface area contributed by atoms with Crippen LogP contribution in [0.15, 0.2) is 41.3 Å². The van der Waals surface area contributed by atoms with Gasteiger partial charge in [-0.2, -0.15) is 0 Å². The highest BCUT2D eigenvalue weighted by molar-refractivity contribution is 7.90. The standard InChI is InChI=1S/C13H11ClO4S2/c1-20(16,17)10-4-2-3-9(7-10)18-8-11(15)12-5-6-13(14)19-12/h2-7H,8H2,1H3. The molecule has 0 unspecified atom stereocenters. The normalized spacial score (nSPS) is 11.3. The van der Waals surface area contributed by atoms with Gasteiger partial charge in [-0.15, -0.1) is 11.3 Å². The van der Waals surface area contributed by atoms with Gasteiger partial charge in [0.25, 0.3) is 0 Å². The summed E-state index contributed by atoms with van der Waals surface area (Å²) in [7, 11) is -3.29. The van der Waals surface area contributed by atoms with Gasteiger partial charge >= 0.3 is 0 Å². The van der Waals surface area contributed by atoms with Gasteiger partial charge in [0.2, 0.25) is 5.78 Å². The van der Waals surface area contributed by atoms with Crippen molar-refractivity contribution >= 4 is 38.6 Å². The Hall–Kier alpha value is -1.37. The van der Waals surface area contributed by atoms with Crippen molar-refractivity contribution in [2.75, 3.05) is 12.9 Å². The van der Waals surface area contributed by atoms with Crippen LogP contribution < -0.4 is 4.74 Å². The van der Waals surface area contributed by atoms with Crippen molar-refractivity contribution in [2.24, 2.45) is 0 Å². The van der Waals surface area contributed by atoms with Crippen molar-refractivity contribution in [3.05, 3.63) is 45.6 Å². The number of Topliss-reactive ketones (excluding diaryl/α,β-unsaturated/α-hetero) is 1. The molecule has 4 nitrogen and oxygen atoms in total. The fourth-order valence-electron chi connectivity index (χ4n) is 1.48. The molecule has 20 heavy (non-hydrogen) atoms. The number of sulfone groups is 1. The van der Waals surface area contributed by atoms with E-state index in [1.54, 1.807) is 24.3 Å². The first-order valence-corrected chi connectivity index (χ1v) is 8.66. The van der Waals surface area contributed by atoms with Gasteiger partial charge in [-0.05, 0) is 30.3 Å². The zero-order valence-corrected chi connectivity index (χ0v) is 12.9. The third-order valence-electron chi connectivity index (χ3n) is 2.45. The van der Waals surface area contributed by atoms with Crippen molar-refractivity contribution in [1.29, 1.82) is 0 Å². The van der Waals surface area contributed by atoms with Gasteiger partial charge in [0.05, 0.1) is 14.1 Å². The van der Waals surface area contributed by atoms with Crippen LogP contribution in [0.3, 0.4) is 0 Å². The van der Waals surface area contributed by atoms with Crippen LogP contribution in [0.25, 0.3) is 0 Å². The van der Waals surface area contributed by atoms with Gasteiger partial charge in [-0.3, -0.25) is 4.79 Å². The van der Waals surface area contributed by atoms with Crippen molar-refractivity contribution in [2.45, 2.75) is 4.90 Å². The molecule has 0 atom stereocenters. The lowest BCUT2D eigenvalue weighted by Crippen LogP contribution is -2.10. The number of hydrogen-bond acceptors (Lipinski definition) is 5. The highest BCUT2D eigenvalue weighted by Gasteiger charge is 2.11. The minimum Gasteiger partial charge on any atom is -0.485 e. The van der Waals surface area contributed by atoms with E-state index in [0.29, 0.717) is 15.0 Å². The molecule has 106 valence electrons. The lowest BCUT2D eigenvalue weighted by molar-refractivity contribution is 0.0925. The Bertz CT molecular complexity index is 734. The highest BCUT2D eigenvalue weighted by atomic mass is 35.5. The Morgan fingerprint density at radius 2 is 2.05 bits per heavy atom. The fourth-order valence-corrected chi connectivity index (χ4v) is 3.10. The van der Waals surface area contributed by atoms with Crippen LogP contribution >= 0.6 is 22.9 Å². The summed E-state index contributed by atoms with van der Waals surface area (Å²) in [6.07, 6.45) is 1.12. The van der Waals surface area contributed by atoms with Crippen molar-refractivity contribution in [3.8, 4) is 5.75 Å². The van der Waals surface area contributed by atoms with E-state index in [0.717, 1.165) is 6.26 Å². The zero-order chi connectivity index (χ0) is 14.8. The highest BCUT2D eigenvalue weighted by Crippen LogP contribution is 2.22. The molecule has 2 rings (SSSR count). The van der Waals surface area contributed by atoms with E-state index >= 15 is 0 Å². The molecule has 0 N–H and O–H groups in total. The average Bonchev–Trinajstić information content (AvgIpc) is 2.82. The first-order chi connectivity index (χ1) is 9.36. The van der Waals surface area contributed by atoms with Gasteiger partial charge in [0, 0.05) is 6.26 Å². The van der Waals surface area contributed by atoms with Gasteiger partial charge < -0.3 is 4.74 Å². The monoisotopic (exact) mass is 330 g/mol. The van der Waals surface area contributed by atoms with E-state index in [1.807, 2.05) is 0 Å². The number of carbonyl (C=O) groups is 1. The molecular formula is C13H11ClO4S2. The Morgan fingerprint density at radius 1 is 1.30 bits per heavy atom. The first kappa shape index (κ1) is 15.0. The lowest BCUT2D eigenvalue weighted by atomic mass is 10.3. The quantitative estimate of drug-likeness (QED) is 0.790. The molecular weight excluding hydrogens is 320 g/mol. The molecule has 0 fully saturated rings. The molecule has 1 aromatic carbocycles. The van der Waals surface area contributed by atoms with E-state index in [4.69, 9.17) is 16.3 Å². The summed E-state index contributed by atoms with van der Waals surface area (Å²) in [6, 6.07) is 9.31. The molecule has 0 spiro atoms. The van der Waals surface area contributed by atoms with Crippen molar-refractivity contribution in [1.82, 2.24) is 0 Å². The molecule has 0 aliphatic carbocycles. The largest absolute Gasteiger partial charge is 0.485 e. The Kier molecular flexibility index (Phi) is 4.47. The molecule has 0 amide bonds. The zero-order valence-electron chi connectivity index (χ0n) is 10.5. The number of ether oxygens (including phenoxy) is 1. The topological polar surface area (TPSA) is 60.4 Å². The van der Waals surface area contributed by atoms with E-state index in [1.165, 1.54) is 23.5 Å². The Morgan fingerprint density at radius 3 is 2.65 bits per heavy atom. The maximum absolute atomic E-state index is 11.8. The van der Waals surface area contributed by atoms with Crippen LogP contribution in [0.5, 0.6) is 5.75 Å². The smallest absolute Gasteiger partial charge is 0.210 e. The van der Waals surface area contributed by atoms with Crippen LogP contribution in [-0.4, -0.2) is 27.1 Å². The van der Waals surface area contributed by atoms with Gasteiger partial charge in [-0.25, -0.2) is 8.42 Å². The maximum Gasteiger partial charge on any atom is 0.210 e. The van der Waals surface area contributed by atoms with Crippen LogP contribution in [0.2, 0.25) is 4.34 Å². The van der Waals surface area contributed by atoms with Crippen molar-refractivity contribution in [3.63, 3.8) is 0 Å². The molecule has 0 aliphatic rings. The molecule has 0 saturated carbocycles. The third kappa shape index (κ3) is 3.82. The first-order valence-electron chi connectivity index (χ1n) is 5.58. The van der Waals surface area contributed by atoms with Gasteiger partial charge in [0.15, 0.2) is 16.4 Å². The minimum atomic E-state index is -3.29. The Labute approximate surface area is 125 Å². The van der Waals surface area contributed by atoms with E-state index in [9.17, 15) is 13.2 Å². The number of halogens is 1. The SMILES string of the molecule is CS(=O)(=O)c1cccc(OCC(=O)c2ccc(Cl)s2)c1. The van der Waals surface area contributed by atoms with Gasteiger partial charge in [-0.1, -0.05) is 17.7 Å². The van der Waals surface area contributed by atoms with Crippen LogP contribution in [0.1, 0.15) is 9.67 Å². The number of thiophene rings is 1. The summed E-state index contributed by atoms with van der Waals surface area (Å²) < 4.78 is 28.7. The molecule has 2 aromatic rings. The second-order valence-electron chi connectivity index (χ2n) is 4.06. The second-order valence-corrected chi connectivity index (χ2v) is 7.79. The summed E-state index contributed by atoms with van der Waals surface area (Å²) in [5, 5.41) is 0. The van der Waals surface area contributed by atoms with Crippen LogP contribution in [-0.2, 0) is 9.84 Å². The molecule has 0 saturated heterocycles. The van der Waals surface area contributed by atoms with E-state index in [-0.39, 0.29) is 17.3 Å². The number of carbonyl (C=O) groups excluding carboxylic acids is 1. The summed E-state index contributed by atoms with van der Waals surface area (Å²) >= 11 is 6.93. The summed E-state index contributed by atoms with van der Waals surface area (Å²) in [6.45, 7) is -0.163. The van der Waals surface area contributed by atoms with Crippen LogP contribution in [0.4, 0.5) is 0 Å². The van der Waals surface area contributed by atoms with Crippen LogP contribution in [0, 0.1) is 0 Å². The summed E-state index contributed by atoms with van der Waals surface area (Å²) in [5.74, 6) is 0.135. The third-order valence-corrected chi connectivity index (χ3v) is 4.83. The van der Waals surface area contributed by atoms with Gasteiger partial charge in [0.1, 0.15) is 5.75 Å². The second kappa shape index (κ2) is 5.95. The summed E-state index contributed by atoms with van der Waals surface area (Å²) in [4.78, 5) is 12.5. The molecule has 0 bridgehead atoms. The minimum absolute atomic E-state index is 0.154. The molecule has 1 aromatic heterocycles. The number of rotatable bonds is 5. The Balaban J connectivity index is 2.06. The molecule has 0 aliphatic heterocycles. The summed E-state index contributed by atoms with van der Waals surface area (Å²) in [5.41, 5.74) is 0. The number of benzene rings is 1.